The number of allylic oxidation sites excluding steroid dienone is 2. The lowest BCUT2D eigenvalue weighted by Crippen LogP contribution is -2.32. The Morgan fingerprint density at radius 2 is 1.93 bits per heavy atom. The van der Waals surface area contributed by atoms with E-state index in [1.54, 1.807) is 12.1 Å². The molecule has 0 spiro atoms. The number of pyridine rings is 1. The summed E-state index contributed by atoms with van der Waals surface area (Å²) >= 11 is 0. The fraction of sp³-hybridized carbons (Fsp3) is 0.364. The van der Waals surface area contributed by atoms with Crippen LogP contribution in [0.1, 0.15) is 60.4 Å². The topological polar surface area (TPSA) is 105 Å². The highest BCUT2D eigenvalue weighted by Gasteiger charge is 2.39. The molecule has 1 atom stereocenters. The maximum atomic E-state index is 12.6. The van der Waals surface area contributed by atoms with Crippen molar-refractivity contribution in [3.63, 3.8) is 0 Å². The van der Waals surface area contributed by atoms with Crippen molar-refractivity contribution in [2.24, 2.45) is 5.41 Å². The molecule has 0 bridgehead atoms. The third-order valence-electron chi connectivity index (χ3n) is 6.09. The molecule has 1 aliphatic carbocycles. The summed E-state index contributed by atoms with van der Waals surface area (Å²) in [6, 6.07) is 6.55. The van der Waals surface area contributed by atoms with E-state index in [0.29, 0.717) is 24.1 Å². The molecule has 2 N–H and O–H groups in total. The van der Waals surface area contributed by atoms with Crippen molar-refractivity contribution >= 4 is 27.1 Å². The molecule has 0 unspecified atom stereocenters. The van der Waals surface area contributed by atoms with Gasteiger partial charge in [0.05, 0.1) is 4.90 Å². The minimum Gasteiger partial charge on any atom is -0.477 e. The zero-order valence-electron chi connectivity index (χ0n) is 17.3. The summed E-state index contributed by atoms with van der Waals surface area (Å²) in [5.74, 6) is -1.25. The van der Waals surface area contributed by atoms with E-state index < -0.39 is 21.4 Å². The molecule has 0 saturated heterocycles. The minimum atomic E-state index is -3.63. The van der Waals surface area contributed by atoms with Crippen LogP contribution >= 0.6 is 0 Å². The first-order chi connectivity index (χ1) is 14.0. The first-order valence-electron chi connectivity index (χ1n) is 9.73. The van der Waals surface area contributed by atoms with E-state index in [0.717, 1.165) is 16.7 Å². The average molecular weight is 429 g/mol. The second-order valence-electron chi connectivity index (χ2n) is 8.86. The number of carbonyl (C=O) groups is 1. The highest BCUT2D eigenvalue weighted by atomic mass is 32.2. The first kappa shape index (κ1) is 20.6. The molecular formula is C22H24N2O5S. The Balaban J connectivity index is 1.98. The standard InChI is InChI=1S/C22H24N2O5S/c1-22(2,3)20-9-13-12-6-5-7-19(30(28,29)23-4)15(12)8-14(13)17-10-18(25)16(21(26)27)11-24(17)20/h5-7,10-11,20,23H,8-9H2,1-4H3,(H,26,27)/t20-/m0/s1. The smallest absolute Gasteiger partial charge is 0.341 e. The molecule has 1 aliphatic heterocycles. The van der Waals surface area contributed by atoms with Crippen molar-refractivity contribution in [3.8, 4) is 0 Å². The Bertz CT molecular complexity index is 1280. The summed E-state index contributed by atoms with van der Waals surface area (Å²) < 4.78 is 29.4. The van der Waals surface area contributed by atoms with Crippen LogP contribution in [-0.2, 0) is 16.4 Å². The minimum absolute atomic E-state index is 0.0829. The molecule has 4 rings (SSSR count). The fourth-order valence-electron chi connectivity index (χ4n) is 4.54. The third kappa shape index (κ3) is 3.02. The molecule has 7 nitrogen and oxygen atoms in total. The lowest BCUT2D eigenvalue weighted by Gasteiger charge is -2.39. The first-order valence-corrected chi connectivity index (χ1v) is 11.2. The maximum absolute atomic E-state index is 12.6. The van der Waals surface area contributed by atoms with Crippen LogP contribution in [-0.4, -0.2) is 31.1 Å². The number of nitrogens with zero attached hydrogens (tertiary/aromatic N) is 1. The van der Waals surface area contributed by atoms with Gasteiger partial charge in [0.1, 0.15) is 5.56 Å². The van der Waals surface area contributed by atoms with Gasteiger partial charge in [-0.2, -0.15) is 0 Å². The van der Waals surface area contributed by atoms with Crippen LogP contribution in [0.3, 0.4) is 0 Å². The van der Waals surface area contributed by atoms with E-state index in [-0.39, 0.29) is 21.9 Å². The number of benzene rings is 1. The van der Waals surface area contributed by atoms with Crippen LogP contribution in [0.5, 0.6) is 0 Å². The highest BCUT2D eigenvalue weighted by molar-refractivity contribution is 7.89. The van der Waals surface area contributed by atoms with Gasteiger partial charge >= 0.3 is 5.97 Å². The Kier molecular flexibility index (Phi) is 4.56. The van der Waals surface area contributed by atoms with E-state index in [4.69, 9.17) is 0 Å². The number of carboxylic acids is 1. The van der Waals surface area contributed by atoms with Crippen LogP contribution < -0.4 is 10.2 Å². The van der Waals surface area contributed by atoms with Crippen molar-refractivity contribution in [3.05, 3.63) is 63.1 Å². The molecule has 158 valence electrons. The summed E-state index contributed by atoms with van der Waals surface area (Å²) in [6.45, 7) is 6.22. The zero-order valence-corrected chi connectivity index (χ0v) is 18.1. The predicted octanol–water partition coefficient (Wildman–Crippen LogP) is 2.91. The van der Waals surface area contributed by atoms with Crippen LogP contribution in [0.15, 0.2) is 40.2 Å². The van der Waals surface area contributed by atoms with Crippen molar-refractivity contribution in [1.29, 1.82) is 0 Å². The molecule has 1 aromatic carbocycles. The van der Waals surface area contributed by atoms with E-state index in [1.807, 2.05) is 10.6 Å². The molecular weight excluding hydrogens is 404 g/mol. The summed E-state index contributed by atoms with van der Waals surface area (Å²) in [4.78, 5) is 24.3. The van der Waals surface area contributed by atoms with Gasteiger partial charge < -0.3 is 9.67 Å². The number of rotatable bonds is 3. The molecule has 0 amide bonds. The number of hydrogen-bond donors (Lipinski definition) is 2. The summed E-state index contributed by atoms with van der Waals surface area (Å²) in [6.07, 6.45) is 2.45. The average Bonchev–Trinajstić information content (AvgIpc) is 3.04. The molecule has 1 aromatic heterocycles. The van der Waals surface area contributed by atoms with Gasteiger partial charge in [-0.25, -0.2) is 17.9 Å². The summed E-state index contributed by atoms with van der Waals surface area (Å²) in [5, 5.41) is 9.44. The van der Waals surface area contributed by atoms with Crippen molar-refractivity contribution in [2.45, 2.75) is 44.6 Å². The Morgan fingerprint density at radius 3 is 2.53 bits per heavy atom. The number of hydrogen-bond acceptors (Lipinski definition) is 4. The normalized spacial score (nSPS) is 18.1. The molecule has 8 heteroatoms. The Labute approximate surface area is 175 Å². The number of nitrogens with one attached hydrogen (secondary N) is 1. The van der Waals surface area contributed by atoms with E-state index >= 15 is 0 Å². The van der Waals surface area contributed by atoms with Gasteiger partial charge in [0.25, 0.3) is 0 Å². The van der Waals surface area contributed by atoms with Gasteiger partial charge in [0.2, 0.25) is 10.0 Å². The van der Waals surface area contributed by atoms with Gasteiger partial charge in [-0.1, -0.05) is 32.9 Å². The molecule has 2 aliphatic rings. The summed E-state index contributed by atoms with van der Waals surface area (Å²) in [7, 11) is -2.25. The van der Waals surface area contributed by atoms with Crippen LogP contribution in [0.25, 0.3) is 11.1 Å². The number of aromatic nitrogens is 1. The largest absolute Gasteiger partial charge is 0.477 e. The highest BCUT2D eigenvalue weighted by Crippen LogP contribution is 2.51. The zero-order chi connectivity index (χ0) is 22.0. The molecule has 2 aromatic rings. The van der Waals surface area contributed by atoms with E-state index in [9.17, 15) is 23.1 Å². The molecule has 0 radical (unpaired) electrons. The van der Waals surface area contributed by atoms with Crippen LogP contribution in [0, 0.1) is 5.41 Å². The van der Waals surface area contributed by atoms with Gasteiger partial charge in [-0.3, -0.25) is 4.79 Å². The van der Waals surface area contributed by atoms with Crippen molar-refractivity contribution < 1.29 is 18.3 Å². The van der Waals surface area contributed by atoms with Gasteiger partial charge in [0, 0.05) is 30.4 Å². The number of sulfonamides is 1. The summed E-state index contributed by atoms with van der Waals surface area (Å²) in [5.41, 5.74) is 3.16. The van der Waals surface area contributed by atoms with Crippen molar-refractivity contribution in [2.75, 3.05) is 7.05 Å². The second kappa shape index (κ2) is 6.65. The maximum Gasteiger partial charge on any atom is 0.341 e. The number of fused-ring (bicyclic) bond motifs is 4. The monoisotopic (exact) mass is 428 g/mol. The lowest BCUT2D eigenvalue weighted by molar-refractivity contribution is 0.0693. The van der Waals surface area contributed by atoms with Gasteiger partial charge in [-0.05, 0) is 47.2 Å². The second-order valence-corrected chi connectivity index (χ2v) is 10.7. The predicted molar refractivity (Wildman–Crippen MR) is 114 cm³/mol. The van der Waals surface area contributed by atoms with Crippen molar-refractivity contribution in [1.82, 2.24) is 9.29 Å². The molecule has 0 fully saturated rings. The lowest BCUT2D eigenvalue weighted by atomic mass is 9.78. The van der Waals surface area contributed by atoms with Gasteiger partial charge in [-0.15, -0.1) is 0 Å². The fourth-order valence-corrected chi connectivity index (χ4v) is 5.53. The molecule has 0 saturated carbocycles. The SMILES string of the molecule is CNS(=O)(=O)c1cccc2c1CC1=C2C[C@@H](C(C)(C)C)n2cc(C(=O)O)c(=O)cc21. The number of carboxylic acid groups (broad SMARTS) is 1. The number of aromatic carboxylic acids is 1. The molecule has 30 heavy (non-hydrogen) atoms. The van der Waals surface area contributed by atoms with Crippen LogP contribution in [0.2, 0.25) is 0 Å². The van der Waals surface area contributed by atoms with E-state index in [1.165, 1.54) is 19.3 Å². The van der Waals surface area contributed by atoms with Crippen LogP contribution in [0.4, 0.5) is 0 Å². The van der Waals surface area contributed by atoms with Gasteiger partial charge in [0.15, 0.2) is 5.43 Å². The quantitative estimate of drug-likeness (QED) is 0.782. The van der Waals surface area contributed by atoms with E-state index in [2.05, 4.69) is 25.5 Å². The Morgan fingerprint density at radius 1 is 1.23 bits per heavy atom. The third-order valence-corrected chi connectivity index (χ3v) is 7.59. The Hall–Kier alpha value is -2.71. The molecule has 2 heterocycles.